The van der Waals surface area contributed by atoms with Gasteiger partial charge in [-0.3, -0.25) is 0 Å². The molecule has 0 aliphatic carbocycles. The lowest BCUT2D eigenvalue weighted by atomic mass is 10.1. The summed E-state index contributed by atoms with van der Waals surface area (Å²) in [6.45, 7) is 0. The van der Waals surface area contributed by atoms with Crippen LogP contribution in [0.15, 0.2) is 42.5 Å². The number of anilines is 1. The predicted molar refractivity (Wildman–Crippen MR) is 73.4 cm³/mol. The van der Waals surface area contributed by atoms with Crippen LogP contribution in [0.3, 0.4) is 0 Å². The molecule has 0 saturated heterocycles. The van der Waals surface area contributed by atoms with E-state index in [1.54, 1.807) is 24.3 Å². The minimum atomic E-state index is -1.34. The summed E-state index contributed by atoms with van der Waals surface area (Å²) in [5, 5.41) is 11.9. The van der Waals surface area contributed by atoms with Crippen LogP contribution in [-0.4, -0.2) is 18.2 Å². The van der Waals surface area contributed by atoms with Crippen LogP contribution in [0.5, 0.6) is 5.75 Å². The molecule has 0 fully saturated rings. The summed E-state index contributed by atoms with van der Waals surface area (Å²) in [5.74, 6) is -2.42. The first-order chi connectivity index (χ1) is 10.0. The summed E-state index contributed by atoms with van der Waals surface area (Å²) in [5.41, 5.74) is 0.303. The Morgan fingerprint density at radius 3 is 2.62 bits per heavy atom. The van der Waals surface area contributed by atoms with Gasteiger partial charge >= 0.3 is 5.97 Å². The number of hydrogen-bond acceptors (Lipinski definition) is 3. The molecule has 2 aromatic rings. The van der Waals surface area contributed by atoms with Gasteiger partial charge in [-0.1, -0.05) is 12.1 Å². The molecule has 0 saturated carbocycles. The minimum Gasteiger partial charge on any atom is -0.497 e. The van der Waals surface area contributed by atoms with Crippen LogP contribution in [0, 0.1) is 11.6 Å². The Morgan fingerprint density at radius 1 is 1.24 bits per heavy atom. The summed E-state index contributed by atoms with van der Waals surface area (Å²) in [6.07, 6.45) is 0. The van der Waals surface area contributed by atoms with E-state index < -0.39 is 23.6 Å². The molecule has 4 nitrogen and oxygen atoms in total. The third-order valence-electron chi connectivity index (χ3n) is 2.90. The maximum atomic E-state index is 13.7. The summed E-state index contributed by atoms with van der Waals surface area (Å²) >= 11 is 0. The Labute approximate surface area is 120 Å². The lowest BCUT2D eigenvalue weighted by molar-refractivity contribution is -0.138. The van der Waals surface area contributed by atoms with E-state index >= 15 is 0 Å². The van der Waals surface area contributed by atoms with E-state index in [4.69, 9.17) is 4.74 Å². The number of hydrogen-bond donors (Lipinski definition) is 2. The van der Waals surface area contributed by atoms with E-state index in [0.717, 1.165) is 12.1 Å². The zero-order valence-corrected chi connectivity index (χ0v) is 11.1. The van der Waals surface area contributed by atoms with Crippen molar-refractivity contribution in [1.82, 2.24) is 0 Å². The van der Waals surface area contributed by atoms with E-state index in [-0.39, 0.29) is 5.56 Å². The fraction of sp³-hybridized carbons (Fsp3) is 0.133. The van der Waals surface area contributed by atoms with Gasteiger partial charge in [0.15, 0.2) is 6.04 Å². The smallest absolute Gasteiger partial charge is 0.330 e. The highest BCUT2D eigenvalue weighted by molar-refractivity contribution is 5.79. The van der Waals surface area contributed by atoms with Gasteiger partial charge in [-0.25, -0.2) is 13.6 Å². The van der Waals surface area contributed by atoms with Gasteiger partial charge in [-0.15, -0.1) is 0 Å². The van der Waals surface area contributed by atoms with Crippen LogP contribution in [0.4, 0.5) is 14.5 Å². The third kappa shape index (κ3) is 3.47. The van der Waals surface area contributed by atoms with Gasteiger partial charge in [0.2, 0.25) is 0 Å². The number of benzene rings is 2. The number of carboxylic acids is 1. The Balaban J connectivity index is 2.33. The fourth-order valence-corrected chi connectivity index (χ4v) is 1.89. The molecule has 0 bridgehead atoms. The molecule has 0 aliphatic rings. The number of nitrogens with one attached hydrogen (secondary N) is 1. The SMILES string of the molecule is COc1cccc(NC(C(=O)O)c2ccc(F)cc2F)c1. The molecule has 0 spiro atoms. The Kier molecular flexibility index (Phi) is 4.37. The second-order valence-corrected chi connectivity index (χ2v) is 4.31. The van der Waals surface area contributed by atoms with E-state index in [1.807, 2.05) is 0 Å². The maximum Gasteiger partial charge on any atom is 0.330 e. The second kappa shape index (κ2) is 6.21. The lowest BCUT2D eigenvalue weighted by Crippen LogP contribution is -2.21. The monoisotopic (exact) mass is 293 g/mol. The molecule has 0 heterocycles. The zero-order chi connectivity index (χ0) is 15.4. The van der Waals surface area contributed by atoms with Gasteiger partial charge in [-0.2, -0.15) is 0 Å². The van der Waals surface area contributed by atoms with Crippen molar-refractivity contribution in [1.29, 1.82) is 0 Å². The van der Waals surface area contributed by atoms with Crippen molar-refractivity contribution < 1.29 is 23.4 Å². The number of carbonyl (C=O) groups is 1. The first-order valence-electron chi connectivity index (χ1n) is 6.09. The molecule has 1 atom stereocenters. The molecule has 0 aliphatic heterocycles. The highest BCUT2D eigenvalue weighted by Gasteiger charge is 2.23. The van der Waals surface area contributed by atoms with Gasteiger partial charge in [0.25, 0.3) is 0 Å². The highest BCUT2D eigenvalue weighted by Crippen LogP contribution is 2.25. The van der Waals surface area contributed by atoms with Gasteiger partial charge in [-0.05, 0) is 18.2 Å². The average Bonchev–Trinajstić information content (AvgIpc) is 2.45. The predicted octanol–water partition coefficient (Wildman–Crippen LogP) is 3.21. The average molecular weight is 293 g/mol. The molecule has 6 heteroatoms. The minimum absolute atomic E-state index is 0.147. The van der Waals surface area contributed by atoms with Crippen LogP contribution in [0.1, 0.15) is 11.6 Å². The van der Waals surface area contributed by atoms with Crippen molar-refractivity contribution in [3.8, 4) is 5.75 Å². The van der Waals surface area contributed by atoms with Crippen molar-refractivity contribution in [2.24, 2.45) is 0 Å². The van der Waals surface area contributed by atoms with E-state index in [0.29, 0.717) is 17.5 Å². The normalized spacial score (nSPS) is 11.8. The fourth-order valence-electron chi connectivity index (χ4n) is 1.89. The zero-order valence-electron chi connectivity index (χ0n) is 11.1. The van der Waals surface area contributed by atoms with Crippen molar-refractivity contribution in [3.05, 3.63) is 59.7 Å². The maximum absolute atomic E-state index is 13.7. The van der Waals surface area contributed by atoms with Crippen molar-refractivity contribution in [3.63, 3.8) is 0 Å². The summed E-state index contributed by atoms with van der Waals surface area (Å²) in [7, 11) is 1.48. The molecule has 2 rings (SSSR count). The molecule has 2 N–H and O–H groups in total. The number of halogens is 2. The van der Waals surface area contributed by atoms with Crippen LogP contribution < -0.4 is 10.1 Å². The van der Waals surface area contributed by atoms with E-state index in [1.165, 1.54) is 7.11 Å². The van der Waals surface area contributed by atoms with Gasteiger partial charge in [0.1, 0.15) is 17.4 Å². The molecule has 1 unspecified atom stereocenters. The van der Waals surface area contributed by atoms with Crippen molar-refractivity contribution in [2.75, 3.05) is 12.4 Å². The Hall–Kier alpha value is -2.63. The van der Waals surface area contributed by atoms with E-state index in [9.17, 15) is 18.7 Å². The topological polar surface area (TPSA) is 58.6 Å². The molecule has 2 aromatic carbocycles. The summed E-state index contributed by atoms with van der Waals surface area (Å²) < 4.78 is 31.7. The molecule has 110 valence electrons. The molecular formula is C15H13F2NO3. The third-order valence-corrected chi connectivity index (χ3v) is 2.90. The standard InChI is InChI=1S/C15H13F2NO3/c1-21-11-4-2-3-10(8-11)18-14(15(19)20)12-6-5-9(16)7-13(12)17/h2-8,14,18H,1H3,(H,19,20). The van der Waals surface area contributed by atoms with Gasteiger partial charge in [0.05, 0.1) is 7.11 Å². The van der Waals surface area contributed by atoms with Crippen LogP contribution in [-0.2, 0) is 4.79 Å². The van der Waals surface area contributed by atoms with Crippen molar-refractivity contribution >= 4 is 11.7 Å². The quantitative estimate of drug-likeness (QED) is 0.888. The van der Waals surface area contributed by atoms with Gasteiger partial charge in [0, 0.05) is 23.4 Å². The first kappa shape index (κ1) is 14.8. The highest BCUT2D eigenvalue weighted by atomic mass is 19.1. The number of aliphatic carboxylic acids is 1. The molecular weight excluding hydrogens is 280 g/mol. The Bertz CT molecular complexity index is 661. The first-order valence-corrected chi connectivity index (χ1v) is 6.09. The van der Waals surface area contributed by atoms with Gasteiger partial charge < -0.3 is 15.2 Å². The molecule has 0 amide bonds. The molecule has 0 aromatic heterocycles. The molecule has 0 radical (unpaired) electrons. The van der Waals surface area contributed by atoms with Crippen molar-refractivity contribution in [2.45, 2.75) is 6.04 Å². The second-order valence-electron chi connectivity index (χ2n) is 4.31. The Morgan fingerprint density at radius 2 is 2.00 bits per heavy atom. The van der Waals surface area contributed by atoms with Crippen LogP contribution in [0.25, 0.3) is 0 Å². The lowest BCUT2D eigenvalue weighted by Gasteiger charge is -2.17. The number of methoxy groups -OCH3 is 1. The summed E-state index contributed by atoms with van der Waals surface area (Å²) in [4.78, 5) is 11.3. The number of rotatable bonds is 5. The van der Waals surface area contributed by atoms with Crippen LogP contribution in [0.2, 0.25) is 0 Å². The number of ether oxygens (including phenoxy) is 1. The summed E-state index contributed by atoms with van der Waals surface area (Å²) in [6, 6.07) is 8.01. The number of carboxylic acid groups (broad SMARTS) is 1. The largest absolute Gasteiger partial charge is 0.497 e. The van der Waals surface area contributed by atoms with E-state index in [2.05, 4.69) is 5.32 Å². The molecule has 21 heavy (non-hydrogen) atoms. The van der Waals surface area contributed by atoms with Crippen LogP contribution >= 0.6 is 0 Å².